The monoisotopic (exact) mass is 208 g/mol. The first kappa shape index (κ1) is 11.4. The molecule has 0 fully saturated rings. The number of hydrogen-bond donors (Lipinski definition) is 0. The zero-order chi connectivity index (χ0) is 11.1. The minimum absolute atomic E-state index is 0.106. The van der Waals surface area contributed by atoms with Gasteiger partial charge in [0.2, 0.25) is 0 Å². The van der Waals surface area contributed by atoms with E-state index in [9.17, 15) is 9.59 Å². The van der Waals surface area contributed by atoms with Gasteiger partial charge in [-0.15, -0.1) is 0 Å². The predicted molar refractivity (Wildman–Crippen MR) is 53.1 cm³/mol. The smallest absolute Gasteiger partial charge is 0.377 e. The number of rotatable bonds is 5. The van der Waals surface area contributed by atoms with Crippen molar-refractivity contribution in [3.05, 3.63) is 35.9 Å². The van der Waals surface area contributed by atoms with Gasteiger partial charge in [-0.1, -0.05) is 30.3 Å². The summed E-state index contributed by atoms with van der Waals surface area (Å²) in [6.45, 7) is -0.136. The van der Waals surface area contributed by atoms with Crippen molar-refractivity contribution in [2.75, 3.05) is 13.7 Å². The average molecular weight is 208 g/mol. The van der Waals surface area contributed by atoms with E-state index in [-0.39, 0.29) is 13.2 Å². The summed E-state index contributed by atoms with van der Waals surface area (Å²) in [5, 5.41) is 0. The lowest BCUT2D eigenvalue weighted by atomic mass is 10.2. The maximum Gasteiger partial charge on any atom is 0.377 e. The first-order chi connectivity index (χ1) is 7.24. The molecule has 0 heterocycles. The van der Waals surface area contributed by atoms with Gasteiger partial charge in [0.15, 0.2) is 0 Å². The lowest BCUT2D eigenvalue weighted by Gasteiger charge is -2.03. The van der Waals surface area contributed by atoms with E-state index in [1.807, 2.05) is 30.3 Å². The molecule has 0 unspecified atom stereocenters. The summed E-state index contributed by atoms with van der Waals surface area (Å²) < 4.78 is 9.30. The Kier molecular flexibility index (Phi) is 4.50. The Morgan fingerprint density at radius 2 is 1.87 bits per heavy atom. The fraction of sp³-hybridized carbons (Fsp3) is 0.273. The van der Waals surface area contributed by atoms with Crippen molar-refractivity contribution in [3.8, 4) is 0 Å². The Morgan fingerprint density at radius 1 is 1.20 bits per heavy atom. The summed E-state index contributed by atoms with van der Waals surface area (Å²) in [7, 11) is 1.35. The molecule has 1 aromatic carbocycles. The number of carbonyl (C=O) groups is 2. The maximum atomic E-state index is 11.1. The molecule has 0 radical (unpaired) electrons. The highest BCUT2D eigenvalue weighted by Gasteiger charge is 2.14. The molecule has 0 aliphatic rings. The number of ketones is 1. The first-order valence-electron chi connectivity index (χ1n) is 4.47. The molecule has 0 spiro atoms. The number of carbonyl (C=O) groups excluding carboxylic acids is 2. The fourth-order valence-electron chi connectivity index (χ4n) is 0.994. The van der Waals surface area contributed by atoms with Crippen molar-refractivity contribution in [2.45, 2.75) is 6.61 Å². The van der Waals surface area contributed by atoms with Gasteiger partial charge in [-0.05, 0) is 5.56 Å². The van der Waals surface area contributed by atoms with Crippen LogP contribution in [0.2, 0.25) is 0 Å². The molecule has 0 saturated carbocycles. The standard InChI is InChI=1S/C11H12O4/c1-14-8-10(12)11(13)15-7-9-5-3-2-4-6-9/h2-6H,7-8H2,1H3. The summed E-state index contributed by atoms with van der Waals surface area (Å²) in [6, 6.07) is 9.16. The van der Waals surface area contributed by atoms with Gasteiger partial charge < -0.3 is 9.47 Å². The van der Waals surface area contributed by atoms with Crippen LogP contribution in [0, 0.1) is 0 Å². The molecule has 0 aliphatic carbocycles. The molecule has 1 aromatic rings. The van der Waals surface area contributed by atoms with Crippen LogP contribution in [-0.2, 0) is 25.7 Å². The van der Waals surface area contributed by atoms with E-state index in [4.69, 9.17) is 4.74 Å². The Bertz CT molecular complexity index is 332. The highest BCUT2D eigenvalue weighted by Crippen LogP contribution is 2.00. The molecule has 0 amide bonds. The van der Waals surface area contributed by atoms with Crippen LogP contribution >= 0.6 is 0 Å². The Morgan fingerprint density at radius 3 is 2.47 bits per heavy atom. The van der Waals surface area contributed by atoms with E-state index in [1.54, 1.807) is 0 Å². The van der Waals surface area contributed by atoms with Gasteiger partial charge in [0.05, 0.1) is 0 Å². The van der Waals surface area contributed by atoms with Gasteiger partial charge >= 0.3 is 5.97 Å². The Labute approximate surface area is 87.8 Å². The second kappa shape index (κ2) is 5.93. The molecule has 1 rings (SSSR count). The summed E-state index contributed by atoms with van der Waals surface area (Å²) in [6.07, 6.45) is 0. The third-order valence-electron chi connectivity index (χ3n) is 1.72. The van der Waals surface area contributed by atoms with Crippen LogP contribution in [0.5, 0.6) is 0 Å². The summed E-state index contributed by atoms with van der Waals surface area (Å²) in [5.41, 5.74) is 0.844. The normalized spacial score (nSPS) is 9.67. The molecule has 4 nitrogen and oxygen atoms in total. The minimum Gasteiger partial charge on any atom is -0.455 e. The molecule has 0 aromatic heterocycles. The van der Waals surface area contributed by atoms with Crippen LogP contribution < -0.4 is 0 Å². The van der Waals surface area contributed by atoms with Crippen LogP contribution in [0.4, 0.5) is 0 Å². The quantitative estimate of drug-likeness (QED) is 0.534. The van der Waals surface area contributed by atoms with Crippen LogP contribution in [0.15, 0.2) is 30.3 Å². The summed E-state index contributed by atoms with van der Waals surface area (Å²) >= 11 is 0. The topological polar surface area (TPSA) is 52.6 Å². The van der Waals surface area contributed by atoms with E-state index in [2.05, 4.69) is 4.74 Å². The van der Waals surface area contributed by atoms with Gasteiger partial charge in [0.1, 0.15) is 13.2 Å². The third kappa shape index (κ3) is 3.91. The lowest BCUT2D eigenvalue weighted by molar-refractivity contribution is -0.156. The number of hydrogen-bond acceptors (Lipinski definition) is 4. The van der Waals surface area contributed by atoms with E-state index in [0.717, 1.165) is 5.56 Å². The Hall–Kier alpha value is -1.68. The minimum atomic E-state index is -0.860. The van der Waals surface area contributed by atoms with Crippen molar-refractivity contribution in [1.29, 1.82) is 0 Å². The van der Waals surface area contributed by atoms with E-state index in [0.29, 0.717) is 0 Å². The highest BCUT2D eigenvalue weighted by molar-refractivity contribution is 6.34. The third-order valence-corrected chi connectivity index (χ3v) is 1.72. The summed E-state index contributed by atoms with van der Waals surface area (Å²) in [4.78, 5) is 22.0. The SMILES string of the molecule is COCC(=O)C(=O)OCc1ccccc1. The van der Waals surface area contributed by atoms with Crippen LogP contribution in [0.1, 0.15) is 5.56 Å². The Balaban J connectivity index is 2.38. The predicted octanol–water partition coefficient (Wildman–Crippen LogP) is 0.945. The molecule has 4 heteroatoms. The summed E-state index contributed by atoms with van der Waals surface area (Å²) in [5.74, 6) is -1.53. The molecule has 0 saturated heterocycles. The number of esters is 1. The molecule has 0 aliphatic heterocycles. The lowest BCUT2D eigenvalue weighted by Crippen LogP contribution is -2.21. The maximum absolute atomic E-state index is 11.1. The molecule has 0 atom stereocenters. The molecule has 80 valence electrons. The van der Waals surface area contributed by atoms with E-state index >= 15 is 0 Å². The number of methoxy groups -OCH3 is 1. The van der Waals surface area contributed by atoms with Gasteiger partial charge in [0, 0.05) is 7.11 Å². The second-order valence-electron chi connectivity index (χ2n) is 2.92. The van der Waals surface area contributed by atoms with Gasteiger partial charge in [-0.2, -0.15) is 0 Å². The number of benzene rings is 1. The zero-order valence-corrected chi connectivity index (χ0v) is 8.43. The first-order valence-corrected chi connectivity index (χ1v) is 4.47. The second-order valence-corrected chi connectivity index (χ2v) is 2.92. The molecule has 0 bridgehead atoms. The fourth-order valence-corrected chi connectivity index (χ4v) is 0.994. The average Bonchev–Trinajstić information content (AvgIpc) is 2.27. The molecule has 0 N–H and O–H groups in total. The van der Waals surface area contributed by atoms with Crippen LogP contribution in [0.25, 0.3) is 0 Å². The van der Waals surface area contributed by atoms with Crippen molar-refractivity contribution in [1.82, 2.24) is 0 Å². The van der Waals surface area contributed by atoms with Gasteiger partial charge in [-0.3, -0.25) is 4.79 Å². The van der Waals surface area contributed by atoms with Crippen LogP contribution in [-0.4, -0.2) is 25.5 Å². The molecular weight excluding hydrogens is 196 g/mol. The van der Waals surface area contributed by atoms with Crippen molar-refractivity contribution in [3.63, 3.8) is 0 Å². The number of Topliss-reactive ketones (excluding diaryl/α,β-unsaturated/α-hetero) is 1. The zero-order valence-electron chi connectivity index (χ0n) is 8.43. The van der Waals surface area contributed by atoms with Gasteiger partial charge in [0.25, 0.3) is 5.78 Å². The van der Waals surface area contributed by atoms with Crippen molar-refractivity contribution >= 4 is 11.8 Å². The number of ether oxygens (including phenoxy) is 2. The highest BCUT2D eigenvalue weighted by atomic mass is 16.5. The van der Waals surface area contributed by atoms with E-state index in [1.165, 1.54) is 7.11 Å². The van der Waals surface area contributed by atoms with Gasteiger partial charge in [-0.25, -0.2) is 4.79 Å². The molecular formula is C11H12O4. The van der Waals surface area contributed by atoms with Crippen molar-refractivity contribution in [2.24, 2.45) is 0 Å². The largest absolute Gasteiger partial charge is 0.455 e. The van der Waals surface area contributed by atoms with E-state index < -0.39 is 11.8 Å². The van der Waals surface area contributed by atoms with Crippen molar-refractivity contribution < 1.29 is 19.1 Å². The molecule has 15 heavy (non-hydrogen) atoms. The van der Waals surface area contributed by atoms with Crippen LogP contribution in [0.3, 0.4) is 0 Å².